The zero-order chi connectivity index (χ0) is 8.41. The first-order chi connectivity index (χ1) is 4.31. The maximum atomic E-state index is 9.59. The van der Waals surface area contributed by atoms with Crippen molar-refractivity contribution in [3.63, 3.8) is 0 Å². The van der Waals surface area contributed by atoms with E-state index in [0.717, 1.165) is 0 Å². The van der Waals surface area contributed by atoms with Gasteiger partial charge in [-0.15, -0.1) is 0 Å². The van der Waals surface area contributed by atoms with Gasteiger partial charge in [-0.3, -0.25) is 0 Å². The Bertz CT molecular complexity index is 166. The Morgan fingerprint density at radius 2 is 1.60 bits per heavy atom. The molecule has 58 valence electrons. The first-order valence-electron chi connectivity index (χ1n) is 3.16. The summed E-state index contributed by atoms with van der Waals surface area (Å²) in [6, 6.07) is 0. The van der Waals surface area contributed by atoms with Crippen LogP contribution in [0.15, 0.2) is 0 Å². The molecule has 2 heteroatoms. The monoisotopic (exact) mass is 160 g/mol. The summed E-state index contributed by atoms with van der Waals surface area (Å²) in [6.45, 7) is 7.39. The molecule has 0 saturated heterocycles. The van der Waals surface area contributed by atoms with Gasteiger partial charge in [-0.1, -0.05) is 26.7 Å². The summed E-state index contributed by atoms with van der Waals surface area (Å²) >= 11 is 5.17. The second-order valence-electron chi connectivity index (χ2n) is 3.54. The molecule has 0 aromatic heterocycles. The van der Waals surface area contributed by atoms with Gasteiger partial charge in [0.1, 0.15) is 5.60 Å². The van der Waals surface area contributed by atoms with Gasteiger partial charge in [-0.05, 0) is 18.5 Å². The van der Waals surface area contributed by atoms with Crippen molar-refractivity contribution in [2.45, 2.75) is 33.3 Å². The van der Waals surface area contributed by atoms with Crippen molar-refractivity contribution in [1.29, 1.82) is 0 Å². The quantitative estimate of drug-likeness (QED) is 0.538. The van der Waals surface area contributed by atoms with Crippen molar-refractivity contribution in [3.8, 4) is 11.3 Å². The van der Waals surface area contributed by atoms with Gasteiger partial charge in [0.2, 0.25) is 0 Å². The Balaban J connectivity index is 4.51. The lowest BCUT2D eigenvalue weighted by Gasteiger charge is -2.31. The van der Waals surface area contributed by atoms with Crippen LogP contribution in [0.25, 0.3) is 0 Å². The minimum absolute atomic E-state index is 0.255. The van der Waals surface area contributed by atoms with Crippen molar-refractivity contribution >= 4 is 11.6 Å². The van der Waals surface area contributed by atoms with Gasteiger partial charge < -0.3 is 5.11 Å². The van der Waals surface area contributed by atoms with Gasteiger partial charge >= 0.3 is 0 Å². The van der Waals surface area contributed by atoms with Crippen molar-refractivity contribution in [2.24, 2.45) is 5.41 Å². The van der Waals surface area contributed by atoms with Crippen LogP contribution in [0.3, 0.4) is 0 Å². The molecule has 0 bridgehead atoms. The second kappa shape index (κ2) is 2.82. The second-order valence-corrected chi connectivity index (χ2v) is 3.73. The van der Waals surface area contributed by atoms with E-state index in [2.05, 4.69) is 11.3 Å². The SMILES string of the molecule is CC(C)(C)C(C)(O)C#CCl. The average Bonchev–Trinajstić information content (AvgIpc) is 1.61. The van der Waals surface area contributed by atoms with Crippen LogP contribution >= 0.6 is 11.6 Å². The Hall–Kier alpha value is -0.190. The zero-order valence-corrected chi connectivity index (χ0v) is 7.58. The van der Waals surface area contributed by atoms with Crippen molar-refractivity contribution < 1.29 is 5.11 Å². The molecule has 0 aliphatic rings. The Morgan fingerprint density at radius 3 is 1.70 bits per heavy atom. The number of hydrogen-bond donors (Lipinski definition) is 1. The van der Waals surface area contributed by atoms with Gasteiger partial charge in [-0.2, -0.15) is 0 Å². The molecule has 0 saturated carbocycles. The molecule has 10 heavy (non-hydrogen) atoms. The molecule has 1 unspecified atom stereocenters. The highest BCUT2D eigenvalue weighted by molar-refractivity contribution is 6.30. The van der Waals surface area contributed by atoms with E-state index in [1.807, 2.05) is 20.8 Å². The molecule has 1 N–H and O–H groups in total. The maximum Gasteiger partial charge on any atom is 0.128 e. The van der Waals surface area contributed by atoms with E-state index in [4.69, 9.17) is 11.6 Å². The van der Waals surface area contributed by atoms with Gasteiger partial charge in [0.05, 0.1) is 0 Å². The van der Waals surface area contributed by atoms with Crippen LogP contribution in [0, 0.1) is 16.7 Å². The molecule has 0 amide bonds. The van der Waals surface area contributed by atoms with Gasteiger partial charge in [0.25, 0.3) is 0 Å². The van der Waals surface area contributed by atoms with Gasteiger partial charge in [0.15, 0.2) is 0 Å². The fourth-order valence-electron chi connectivity index (χ4n) is 0.279. The predicted octanol–water partition coefficient (Wildman–Crippen LogP) is 1.98. The van der Waals surface area contributed by atoms with E-state index in [0.29, 0.717) is 0 Å². The van der Waals surface area contributed by atoms with Crippen LogP contribution < -0.4 is 0 Å². The number of aliphatic hydroxyl groups is 1. The summed E-state index contributed by atoms with van der Waals surface area (Å²) < 4.78 is 0. The third kappa shape index (κ3) is 2.21. The third-order valence-electron chi connectivity index (χ3n) is 1.75. The number of halogens is 1. The first kappa shape index (κ1) is 9.81. The molecule has 0 aromatic rings. The van der Waals surface area contributed by atoms with E-state index >= 15 is 0 Å². The molecule has 1 nitrogen and oxygen atoms in total. The molecular formula is C8H13ClO. The zero-order valence-electron chi connectivity index (χ0n) is 6.83. The highest BCUT2D eigenvalue weighted by Crippen LogP contribution is 2.28. The minimum Gasteiger partial charge on any atom is -0.377 e. The van der Waals surface area contributed by atoms with Crippen molar-refractivity contribution in [3.05, 3.63) is 0 Å². The smallest absolute Gasteiger partial charge is 0.128 e. The minimum atomic E-state index is -1.01. The molecule has 0 spiro atoms. The van der Waals surface area contributed by atoms with Crippen LogP contribution in [-0.2, 0) is 0 Å². The van der Waals surface area contributed by atoms with Crippen molar-refractivity contribution in [2.75, 3.05) is 0 Å². The summed E-state index contributed by atoms with van der Waals surface area (Å²) in [5.41, 5.74) is -1.26. The van der Waals surface area contributed by atoms with E-state index in [1.165, 1.54) is 0 Å². The summed E-state index contributed by atoms with van der Waals surface area (Å²) in [4.78, 5) is 0. The molecule has 0 aliphatic carbocycles. The van der Waals surface area contributed by atoms with Gasteiger partial charge in [0, 0.05) is 10.8 Å². The predicted molar refractivity (Wildman–Crippen MR) is 43.7 cm³/mol. The average molecular weight is 161 g/mol. The molecule has 0 rings (SSSR count). The Labute approximate surface area is 67.4 Å². The number of rotatable bonds is 0. The molecule has 1 atom stereocenters. The first-order valence-corrected chi connectivity index (χ1v) is 3.54. The fraction of sp³-hybridized carbons (Fsp3) is 0.750. The summed E-state index contributed by atoms with van der Waals surface area (Å²) in [5, 5.41) is 11.8. The summed E-state index contributed by atoms with van der Waals surface area (Å²) in [6.07, 6.45) is 0. The Kier molecular flexibility index (Phi) is 2.76. The van der Waals surface area contributed by atoms with E-state index in [9.17, 15) is 5.11 Å². The summed E-state index contributed by atoms with van der Waals surface area (Å²) in [7, 11) is 0. The Morgan fingerprint density at radius 1 is 1.20 bits per heavy atom. The lowest BCUT2D eigenvalue weighted by molar-refractivity contribution is 0.0129. The van der Waals surface area contributed by atoms with E-state index < -0.39 is 5.60 Å². The molecule has 0 heterocycles. The van der Waals surface area contributed by atoms with Crippen LogP contribution in [-0.4, -0.2) is 10.7 Å². The standard InChI is InChI=1S/C8H13ClO/c1-7(2,3)8(4,10)5-6-9/h10H,1-4H3. The van der Waals surface area contributed by atoms with Gasteiger partial charge in [-0.25, -0.2) is 0 Å². The maximum absolute atomic E-state index is 9.59. The fourth-order valence-corrected chi connectivity index (χ4v) is 0.463. The van der Waals surface area contributed by atoms with E-state index in [-0.39, 0.29) is 5.41 Å². The topological polar surface area (TPSA) is 20.2 Å². The lowest BCUT2D eigenvalue weighted by atomic mass is 9.78. The highest BCUT2D eigenvalue weighted by Gasteiger charge is 2.33. The van der Waals surface area contributed by atoms with Crippen LogP contribution in [0.4, 0.5) is 0 Å². The van der Waals surface area contributed by atoms with E-state index in [1.54, 1.807) is 6.92 Å². The van der Waals surface area contributed by atoms with Crippen LogP contribution in [0.1, 0.15) is 27.7 Å². The lowest BCUT2D eigenvalue weighted by Crippen LogP contribution is -2.37. The molecule has 0 fully saturated rings. The number of hydrogen-bond acceptors (Lipinski definition) is 1. The van der Waals surface area contributed by atoms with Crippen molar-refractivity contribution in [1.82, 2.24) is 0 Å². The third-order valence-corrected chi connectivity index (χ3v) is 1.85. The molecule has 0 aromatic carbocycles. The highest BCUT2D eigenvalue weighted by atomic mass is 35.5. The molecule has 0 aliphatic heterocycles. The molecular weight excluding hydrogens is 148 g/mol. The largest absolute Gasteiger partial charge is 0.377 e. The normalized spacial score (nSPS) is 17.0. The summed E-state index contributed by atoms with van der Waals surface area (Å²) in [5.74, 6) is 2.53. The van der Waals surface area contributed by atoms with Crippen LogP contribution in [0.2, 0.25) is 0 Å². The van der Waals surface area contributed by atoms with Crippen LogP contribution in [0.5, 0.6) is 0 Å². The molecule has 0 radical (unpaired) electrons.